The molecule has 0 amide bonds. The molecule has 112 valence electrons. The van der Waals surface area contributed by atoms with Crippen LogP contribution < -0.4 is 9.47 Å². The van der Waals surface area contributed by atoms with Gasteiger partial charge in [0.2, 0.25) is 0 Å². The first-order valence-corrected chi connectivity index (χ1v) is 6.73. The molecule has 1 aromatic rings. The van der Waals surface area contributed by atoms with Crippen molar-refractivity contribution in [3.63, 3.8) is 0 Å². The van der Waals surface area contributed by atoms with E-state index in [1.54, 1.807) is 19.3 Å². The quantitative estimate of drug-likeness (QED) is 0.644. The number of ether oxygens (including phenoxy) is 3. The second kappa shape index (κ2) is 7.50. The molecule has 5 heteroatoms. The first-order chi connectivity index (χ1) is 10.2. The van der Waals surface area contributed by atoms with Crippen LogP contribution in [0.15, 0.2) is 36.4 Å². The van der Waals surface area contributed by atoms with Gasteiger partial charge in [-0.05, 0) is 24.1 Å². The van der Waals surface area contributed by atoms with Gasteiger partial charge < -0.3 is 19.3 Å². The third-order valence-electron chi connectivity index (χ3n) is 2.97. The minimum Gasteiger partial charge on any atom is -0.493 e. The smallest absolute Gasteiger partial charge is 0.328 e. The zero-order valence-electron chi connectivity index (χ0n) is 11.8. The maximum Gasteiger partial charge on any atom is 0.328 e. The van der Waals surface area contributed by atoms with E-state index in [9.17, 15) is 4.79 Å². The molecule has 1 saturated heterocycles. The van der Waals surface area contributed by atoms with Crippen molar-refractivity contribution in [3.05, 3.63) is 42.0 Å². The number of carbonyl (C=O) groups is 1. The molecule has 0 bridgehead atoms. The van der Waals surface area contributed by atoms with Crippen LogP contribution in [0.1, 0.15) is 18.4 Å². The van der Waals surface area contributed by atoms with Crippen LogP contribution in [0.4, 0.5) is 0 Å². The van der Waals surface area contributed by atoms with E-state index in [1.165, 1.54) is 6.08 Å². The summed E-state index contributed by atoms with van der Waals surface area (Å²) in [4.78, 5) is 10.4. The second-order valence-corrected chi connectivity index (χ2v) is 4.53. The van der Waals surface area contributed by atoms with Gasteiger partial charge in [-0.15, -0.1) is 0 Å². The SMILES string of the molecule is COc1cc(C=CC=CC(=O)O)ccc1OC1CCCO1. The van der Waals surface area contributed by atoms with Crippen molar-refractivity contribution in [2.45, 2.75) is 19.1 Å². The summed E-state index contributed by atoms with van der Waals surface area (Å²) in [7, 11) is 1.58. The Balaban J connectivity index is 2.06. The van der Waals surface area contributed by atoms with Crippen molar-refractivity contribution in [1.82, 2.24) is 0 Å². The van der Waals surface area contributed by atoms with Gasteiger partial charge in [0.1, 0.15) is 0 Å². The molecule has 1 heterocycles. The Hall–Kier alpha value is -2.27. The normalized spacial score (nSPS) is 18.4. The summed E-state index contributed by atoms with van der Waals surface area (Å²) in [6, 6.07) is 5.52. The lowest BCUT2D eigenvalue weighted by molar-refractivity contribution is -0.131. The lowest BCUT2D eigenvalue weighted by Crippen LogP contribution is -2.14. The molecule has 0 spiro atoms. The molecule has 21 heavy (non-hydrogen) atoms. The second-order valence-electron chi connectivity index (χ2n) is 4.53. The largest absolute Gasteiger partial charge is 0.493 e. The van der Waals surface area contributed by atoms with E-state index < -0.39 is 5.97 Å². The van der Waals surface area contributed by atoms with Crippen LogP contribution in [0.3, 0.4) is 0 Å². The van der Waals surface area contributed by atoms with Crippen molar-refractivity contribution >= 4 is 12.0 Å². The Kier molecular flexibility index (Phi) is 5.40. The monoisotopic (exact) mass is 290 g/mol. The number of hydrogen-bond donors (Lipinski definition) is 1. The molecule has 5 nitrogen and oxygen atoms in total. The molecule has 0 radical (unpaired) electrons. The van der Waals surface area contributed by atoms with Crippen LogP contribution in [0.25, 0.3) is 6.08 Å². The molecule has 2 rings (SSSR count). The average Bonchev–Trinajstić information content (AvgIpc) is 2.97. The van der Waals surface area contributed by atoms with E-state index in [4.69, 9.17) is 19.3 Å². The van der Waals surface area contributed by atoms with Crippen molar-refractivity contribution in [2.24, 2.45) is 0 Å². The Morgan fingerprint density at radius 3 is 2.90 bits per heavy atom. The van der Waals surface area contributed by atoms with Gasteiger partial charge in [-0.1, -0.05) is 24.3 Å². The summed E-state index contributed by atoms with van der Waals surface area (Å²) < 4.78 is 16.5. The molecular formula is C16H18O5. The highest BCUT2D eigenvalue weighted by Gasteiger charge is 2.18. The number of rotatable bonds is 6. The Morgan fingerprint density at radius 1 is 1.38 bits per heavy atom. The molecule has 0 saturated carbocycles. The van der Waals surface area contributed by atoms with Crippen molar-refractivity contribution in [1.29, 1.82) is 0 Å². The van der Waals surface area contributed by atoms with E-state index in [0.29, 0.717) is 11.5 Å². The van der Waals surface area contributed by atoms with Gasteiger partial charge in [0.05, 0.1) is 13.7 Å². The summed E-state index contributed by atoms with van der Waals surface area (Å²) in [5.74, 6) is 0.287. The highest BCUT2D eigenvalue weighted by Crippen LogP contribution is 2.31. The maximum atomic E-state index is 10.4. The van der Waals surface area contributed by atoms with Gasteiger partial charge in [-0.25, -0.2) is 4.79 Å². The molecule has 1 N–H and O–H groups in total. The van der Waals surface area contributed by atoms with Crippen LogP contribution >= 0.6 is 0 Å². The lowest BCUT2D eigenvalue weighted by Gasteiger charge is -2.15. The molecule has 1 atom stereocenters. The minimum atomic E-state index is -0.974. The highest BCUT2D eigenvalue weighted by atomic mass is 16.7. The van der Waals surface area contributed by atoms with Gasteiger partial charge in [0.15, 0.2) is 17.8 Å². The number of methoxy groups -OCH3 is 1. The molecule has 1 unspecified atom stereocenters. The van der Waals surface area contributed by atoms with Gasteiger partial charge >= 0.3 is 5.97 Å². The Bertz CT molecular complexity index is 542. The predicted octanol–water partition coefficient (Wildman–Crippen LogP) is 2.86. The molecule has 1 aromatic carbocycles. The number of carboxylic acids is 1. The number of aliphatic carboxylic acids is 1. The van der Waals surface area contributed by atoms with E-state index in [0.717, 1.165) is 31.1 Å². The summed E-state index contributed by atoms with van der Waals surface area (Å²) in [5, 5.41) is 8.50. The van der Waals surface area contributed by atoms with Gasteiger partial charge in [0, 0.05) is 12.5 Å². The van der Waals surface area contributed by atoms with E-state index in [-0.39, 0.29) is 6.29 Å². The maximum absolute atomic E-state index is 10.4. The van der Waals surface area contributed by atoms with Gasteiger partial charge in [-0.3, -0.25) is 0 Å². The topological polar surface area (TPSA) is 65.0 Å². The third-order valence-corrected chi connectivity index (χ3v) is 2.97. The first-order valence-electron chi connectivity index (χ1n) is 6.73. The molecule has 1 fully saturated rings. The van der Waals surface area contributed by atoms with Crippen LogP contribution in [0.5, 0.6) is 11.5 Å². The lowest BCUT2D eigenvalue weighted by atomic mass is 10.2. The van der Waals surface area contributed by atoms with E-state index >= 15 is 0 Å². The van der Waals surface area contributed by atoms with Crippen LogP contribution in [-0.4, -0.2) is 31.1 Å². The standard InChI is InChI=1S/C16H18O5/c1-19-14-11-12(5-2-3-6-15(17)18)8-9-13(14)21-16-7-4-10-20-16/h2-3,5-6,8-9,11,16H,4,7,10H2,1H3,(H,17,18). The Morgan fingerprint density at radius 2 is 2.24 bits per heavy atom. The van der Waals surface area contributed by atoms with Crippen LogP contribution in [-0.2, 0) is 9.53 Å². The molecule has 0 aromatic heterocycles. The van der Waals surface area contributed by atoms with Crippen LogP contribution in [0, 0.1) is 0 Å². The fraction of sp³-hybridized carbons (Fsp3) is 0.312. The molecule has 1 aliphatic heterocycles. The summed E-state index contributed by atoms with van der Waals surface area (Å²) in [6.45, 7) is 0.726. The van der Waals surface area contributed by atoms with E-state index in [1.807, 2.05) is 18.2 Å². The predicted molar refractivity (Wildman–Crippen MR) is 78.4 cm³/mol. The van der Waals surface area contributed by atoms with Crippen molar-refractivity contribution in [2.75, 3.05) is 13.7 Å². The zero-order chi connectivity index (χ0) is 15.1. The summed E-state index contributed by atoms with van der Waals surface area (Å²) >= 11 is 0. The van der Waals surface area contributed by atoms with Crippen molar-refractivity contribution < 1.29 is 24.1 Å². The Labute approximate surface area is 123 Å². The fourth-order valence-electron chi connectivity index (χ4n) is 1.97. The summed E-state index contributed by atoms with van der Waals surface area (Å²) in [6.07, 6.45) is 7.66. The average molecular weight is 290 g/mol. The van der Waals surface area contributed by atoms with Crippen molar-refractivity contribution in [3.8, 4) is 11.5 Å². The van der Waals surface area contributed by atoms with Gasteiger partial charge in [0.25, 0.3) is 0 Å². The number of benzene rings is 1. The molecule has 1 aliphatic rings. The number of allylic oxidation sites excluding steroid dienone is 2. The first kappa shape index (κ1) is 15.1. The third kappa shape index (κ3) is 4.65. The van der Waals surface area contributed by atoms with Crippen LogP contribution in [0.2, 0.25) is 0 Å². The molecule has 0 aliphatic carbocycles. The zero-order valence-corrected chi connectivity index (χ0v) is 11.8. The summed E-state index contributed by atoms with van der Waals surface area (Å²) in [5.41, 5.74) is 0.890. The van der Waals surface area contributed by atoms with Gasteiger partial charge in [-0.2, -0.15) is 0 Å². The number of carboxylic acid groups (broad SMARTS) is 1. The van der Waals surface area contributed by atoms with E-state index in [2.05, 4.69) is 0 Å². The molecular weight excluding hydrogens is 272 g/mol. The fourth-order valence-corrected chi connectivity index (χ4v) is 1.97. The number of hydrogen-bond acceptors (Lipinski definition) is 4. The minimum absolute atomic E-state index is 0.209. The highest BCUT2D eigenvalue weighted by molar-refractivity contribution is 5.80.